The van der Waals surface area contributed by atoms with Crippen LogP contribution in [0, 0.1) is 0 Å². The number of carbonyl (C=O) groups excluding carboxylic acids is 2. The second-order valence-electron chi connectivity index (χ2n) is 7.70. The van der Waals surface area contributed by atoms with Crippen LogP contribution in [-0.4, -0.2) is 72.0 Å². The highest BCUT2D eigenvalue weighted by Crippen LogP contribution is 2.25. The van der Waals surface area contributed by atoms with Crippen LogP contribution >= 0.6 is 0 Å². The topological polar surface area (TPSA) is 108 Å². The molecular formula is C24H30N4O5S. The molecule has 182 valence electrons. The van der Waals surface area contributed by atoms with E-state index in [1.807, 2.05) is 23.1 Å². The lowest BCUT2D eigenvalue weighted by Gasteiger charge is -2.36. The molecule has 0 bridgehead atoms. The Morgan fingerprint density at radius 2 is 1.76 bits per heavy atom. The Balaban J connectivity index is 1.46. The van der Waals surface area contributed by atoms with Crippen LogP contribution in [0.25, 0.3) is 6.08 Å². The van der Waals surface area contributed by atoms with Gasteiger partial charge in [-0.2, -0.15) is 0 Å². The van der Waals surface area contributed by atoms with Gasteiger partial charge < -0.3 is 19.9 Å². The van der Waals surface area contributed by atoms with E-state index >= 15 is 0 Å². The van der Waals surface area contributed by atoms with Crippen LogP contribution in [0.3, 0.4) is 0 Å². The summed E-state index contributed by atoms with van der Waals surface area (Å²) in [5, 5.41) is 2.70. The number of hydrogen-bond donors (Lipinski definition) is 2. The maximum absolute atomic E-state index is 12.5. The molecule has 0 spiro atoms. The van der Waals surface area contributed by atoms with Gasteiger partial charge in [0.15, 0.2) is 0 Å². The smallest absolute Gasteiger partial charge is 0.244 e. The Bertz CT molecular complexity index is 1130. The number of rotatable bonds is 9. The zero-order valence-corrected chi connectivity index (χ0v) is 20.2. The molecule has 2 amide bonds. The summed E-state index contributed by atoms with van der Waals surface area (Å²) in [5.41, 5.74) is 1.68. The van der Waals surface area contributed by atoms with Crippen molar-refractivity contribution >= 4 is 33.6 Å². The predicted molar refractivity (Wildman–Crippen MR) is 131 cm³/mol. The van der Waals surface area contributed by atoms with Crippen molar-refractivity contribution in [2.24, 2.45) is 0 Å². The molecular weight excluding hydrogens is 456 g/mol. The van der Waals surface area contributed by atoms with Gasteiger partial charge in [-0.05, 0) is 43.0 Å². The predicted octanol–water partition coefficient (Wildman–Crippen LogP) is 1.47. The van der Waals surface area contributed by atoms with Gasteiger partial charge >= 0.3 is 0 Å². The lowest BCUT2D eigenvalue weighted by molar-refractivity contribution is -0.131. The maximum atomic E-state index is 12.5. The van der Waals surface area contributed by atoms with E-state index in [1.54, 1.807) is 6.07 Å². The zero-order chi connectivity index (χ0) is 24.6. The highest BCUT2D eigenvalue weighted by atomic mass is 32.2. The largest absolute Gasteiger partial charge is 0.495 e. The van der Waals surface area contributed by atoms with Crippen molar-refractivity contribution in [2.45, 2.75) is 11.3 Å². The van der Waals surface area contributed by atoms with Gasteiger partial charge in [0.05, 0.1) is 7.11 Å². The average molecular weight is 487 g/mol. The van der Waals surface area contributed by atoms with Gasteiger partial charge in [-0.15, -0.1) is 0 Å². The van der Waals surface area contributed by atoms with Gasteiger partial charge in [-0.3, -0.25) is 9.59 Å². The number of anilines is 1. The van der Waals surface area contributed by atoms with E-state index in [9.17, 15) is 18.0 Å². The fraction of sp³-hybridized carbons (Fsp3) is 0.333. The fourth-order valence-electron chi connectivity index (χ4n) is 3.65. The minimum absolute atomic E-state index is 0.00839. The van der Waals surface area contributed by atoms with Crippen LogP contribution in [-0.2, 0) is 19.6 Å². The number of hydrogen-bond acceptors (Lipinski definition) is 6. The number of amides is 2. The number of piperazine rings is 1. The first-order chi connectivity index (χ1) is 16.3. The molecule has 1 fully saturated rings. The van der Waals surface area contributed by atoms with Crippen molar-refractivity contribution in [3.63, 3.8) is 0 Å². The van der Waals surface area contributed by atoms with Crippen LogP contribution in [0.4, 0.5) is 5.69 Å². The number of nitrogens with zero attached hydrogens (tertiary/aromatic N) is 2. The summed E-state index contributed by atoms with van der Waals surface area (Å²) < 4.78 is 31.7. The molecule has 1 heterocycles. The molecule has 1 saturated heterocycles. The van der Waals surface area contributed by atoms with E-state index < -0.39 is 10.0 Å². The lowest BCUT2D eigenvalue weighted by atomic mass is 10.2. The first-order valence-electron chi connectivity index (χ1n) is 11.0. The highest BCUT2D eigenvalue weighted by Gasteiger charge is 2.21. The molecule has 1 aliphatic rings. The summed E-state index contributed by atoms with van der Waals surface area (Å²) in [6.45, 7) is 3.08. The molecule has 9 nitrogen and oxygen atoms in total. The van der Waals surface area contributed by atoms with Crippen LogP contribution in [0.1, 0.15) is 12.0 Å². The lowest BCUT2D eigenvalue weighted by Crippen LogP contribution is -2.49. The van der Waals surface area contributed by atoms with Crippen LogP contribution in [0.15, 0.2) is 59.5 Å². The molecule has 0 atom stereocenters. The standard InChI is InChI=1S/C24H30N4O5S/c1-25-34(31,32)22-18-19(8-10-21(22)33-2)9-11-23(29)26-13-12-24(30)28-16-14-27(15-17-28)20-6-4-3-5-7-20/h3-11,18,25H,12-17H2,1-2H3,(H,26,29)/b11-9+. The van der Waals surface area contributed by atoms with Gasteiger partial charge in [0.2, 0.25) is 21.8 Å². The molecule has 0 aromatic heterocycles. The van der Waals surface area contributed by atoms with E-state index in [-0.39, 0.29) is 35.4 Å². The third-order valence-corrected chi connectivity index (χ3v) is 7.00. The maximum Gasteiger partial charge on any atom is 0.244 e. The molecule has 3 rings (SSSR count). The van der Waals surface area contributed by atoms with E-state index in [0.717, 1.165) is 18.8 Å². The van der Waals surface area contributed by atoms with Crippen LogP contribution in [0.2, 0.25) is 0 Å². The van der Waals surface area contributed by atoms with Gasteiger partial charge in [0.1, 0.15) is 10.6 Å². The summed E-state index contributed by atoms with van der Waals surface area (Å²) in [7, 11) is -1.01. The van der Waals surface area contributed by atoms with Crippen LogP contribution < -0.4 is 19.7 Å². The minimum atomic E-state index is -3.71. The average Bonchev–Trinajstić information content (AvgIpc) is 2.87. The summed E-state index contributed by atoms with van der Waals surface area (Å²) in [4.78, 5) is 28.7. The number of methoxy groups -OCH3 is 1. The molecule has 2 aromatic carbocycles. The molecule has 34 heavy (non-hydrogen) atoms. The van der Waals surface area contributed by atoms with E-state index in [2.05, 4.69) is 27.1 Å². The first-order valence-corrected chi connectivity index (χ1v) is 12.5. The fourth-order valence-corrected chi connectivity index (χ4v) is 4.58. The monoisotopic (exact) mass is 486 g/mol. The van der Waals surface area contributed by atoms with Crippen molar-refractivity contribution in [1.29, 1.82) is 0 Å². The zero-order valence-electron chi connectivity index (χ0n) is 19.4. The number of benzene rings is 2. The molecule has 0 saturated carbocycles. The third kappa shape index (κ3) is 6.58. The Labute approximate surface area is 200 Å². The minimum Gasteiger partial charge on any atom is -0.495 e. The summed E-state index contributed by atoms with van der Waals surface area (Å²) in [5.74, 6) is -0.149. The second kappa shape index (κ2) is 11.7. The first kappa shape index (κ1) is 25.3. The van der Waals surface area contributed by atoms with Crippen molar-refractivity contribution in [3.8, 4) is 5.75 Å². The van der Waals surface area contributed by atoms with Gasteiger partial charge in [0, 0.05) is 50.9 Å². The Kier molecular flexibility index (Phi) is 8.67. The number of nitrogens with one attached hydrogen (secondary N) is 2. The molecule has 0 radical (unpaired) electrons. The van der Waals surface area contributed by atoms with Crippen molar-refractivity contribution in [1.82, 2.24) is 14.9 Å². The molecule has 0 unspecified atom stereocenters. The van der Waals surface area contributed by atoms with Crippen molar-refractivity contribution in [2.75, 3.05) is 51.8 Å². The van der Waals surface area contributed by atoms with Gasteiger partial charge in [-0.1, -0.05) is 24.3 Å². The molecule has 10 heteroatoms. The number of ether oxygens (including phenoxy) is 1. The Morgan fingerprint density at radius 1 is 1.06 bits per heavy atom. The molecule has 0 aliphatic carbocycles. The van der Waals surface area contributed by atoms with E-state index in [4.69, 9.17) is 4.74 Å². The number of sulfonamides is 1. The van der Waals surface area contributed by atoms with Crippen molar-refractivity contribution in [3.05, 3.63) is 60.2 Å². The SMILES string of the molecule is CNS(=O)(=O)c1cc(/C=C/C(=O)NCCC(=O)N2CCN(c3ccccc3)CC2)ccc1OC. The summed E-state index contributed by atoms with van der Waals surface area (Å²) in [6, 6.07) is 14.7. The van der Waals surface area contributed by atoms with Gasteiger partial charge in [0.25, 0.3) is 0 Å². The second-order valence-corrected chi connectivity index (χ2v) is 9.55. The van der Waals surface area contributed by atoms with E-state index in [1.165, 1.54) is 38.4 Å². The summed E-state index contributed by atoms with van der Waals surface area (Å²) >= 11 is 0. The molecule has 2 aromatic rings. The Morgan fingerprint density at radius 3 is 2.41 bits per heavy atom. The molecule has 2 N–H and O–H groups in total. The van der Waals surface area contributed by atoms with E-state index in [0.29, 0.717) is 18.7 Å². The van der Waals surface area contributed by atoms with Crippen molar-refractivity contribution < 1.29 is 22.7 Å². The number of para-hydroxylation sites is 1. The number of carbonyl (C=O) groups is 2. The molecule has 1 aliphatic heterocycles. The van der Waals surface area contributed by atoms with Crippen LogP contribution in [0.5, 0.6) is 5.75 Å². The quantitative estimate of drug-likeness (QED) is 0.520. The summed E-state index contributed by atoms with van der Waals surface area (Å²) in [6.07, 6.45) is 3.03. The van der Waals surface area contributed by atoms with Gasteiger partial charge in [-0.25, -0.2) is 13.1 Å². The highest BCUT2D eigenvalue weighted by molar-refractivity contribution is 7.89. The normalized spacial score (nSPS) is 14.3. The Hall–Kier alpha value is -3.37. The third-order valence-electron chi connectivity index (χ3n) is 5.56.